The van der Waals surface area contributed by atoms with E-state index in [1.165, 1.54) is 6.07 Å². The molecule has 0 radical (unpaired) electrons. The van der Waals surface area contributed by atoms with Crippen molar-refractivity contribution in [3.05, 3.63) is 64.4 Å². The Balaban J connectivity index is 2.21. The Bertz CT molecular complexity index is 571. The molecule has 0 bridgehead atoms. The third-order valence-electron chi connectivity index (χ3n) is 3.30. The topological polar surface area (TPSA) is 21.3 Å². The van der Waals surface area contributed by atoms with Crippen LogP contribution in [-0.2, 0) is 6.42 Å². The Morgan fingerprint density at radius 1 is 1.20 bits per heavy atom. The largest absolute Gasteiger partial charge is 0.497 e. The van der Waals surface area contributed by atoms with Gasteiger partial charge in [0.15, 0.2) is 0 Å². The predicted octanol–water partition coefficient (Wildman–Crippen LogP) is 3.99. The molecule has 2 aromatic rings. The molecule has 0 saturated heterocycles. The maximum atomic E-state index is 13.8. The van der Waals surface area contributed by atoms with E-state index in [9.17, 15) is 4.39 Å². The molecule has 0 aliphatic rings. The second kappa shape index (κ2) is 6.73. The van der Waals surface area contributed by atoms with Gasteiger partial charge in [-0.2, -0.15) is 0 Å². The number of ether oxygens (including phenoxy) is 1. The maximum absolute atomic E-state index is 13.8. The molecule has 20 heavy (non-hydrogen) atoms. The van der Waals surface area contributed by atoms with Gasteiger partial charge in [-0.3, -0.25) is 0 Å². The number of nitrogens with one attached hydrogen (secondary N) is 1. The minimum absolute atomic E-state index is 0.0221. The fourth-order valence-corrected chi connectivity index (χ4v) is 2.34. The van der Waals surface area contributed by atoms with Gasteiger partial charge in [-0.25, -0.2) is 4.39 Å². The molecular weight excluding hydrogens is 277 g/mol. The summed E-state index contributed by atoms with van der Waals surface area (Å²) in [5.74, 6) is 0.570. The van der Waals surface area contributed by atoms with Crippen molar-refractivity contribution < 1.29 is 9.13 Å². The molecule has 0 fully saturated rings. The van der Waals surface area contributed by atoms with Crippen molar-refractivity contribution in [3.63, 3.8) is 0 Å². The number of methoxy groups -OCH3 is 1. The Hall–Kier alpha value is -1.58. The summed E-state index contributed by atoms with van der Waals surface area (Å²) in [6, 6.07) is 12.4. The first kappa shape index (κ1) is 14.8. The van der Waals surface area contributed by atoms with Crippen molar-refractivity contribution in [2.45, 2.75) is 12.5 Å². The zero-order chi connectivity index (χ0) is 14.5. The number of benzene rings is 2. The van der Waals surface area contributed by atoms with E-state index in [-0.39, 0.29) is 11.9 Å². The summed E-state index contributed by atoms with van der Waals surface area (Å²) in [7, 11) is 3.49. The van der Waals surface area contributed by atoms with E-state index in [0.717, 1.165) is 11.3 Å². The van der Waals surface area contributed by atoms with Gasteiger partial charge in [0.1, 0.15) is 11.6 Å². The molecule has 1 atom stereocenters. The average Bonchev–Trinajstić information content (AvgIpc) is 2.48. The zero-order valence-electron chi connectivity index (χ0n) is 11.5. The first-order valence-electron chi connectivity index (χ1n) is 6.39. The van der Waals surface area contributed by atoms with Crippen molar-refractivity contribution in [2.24, 2.45) is 0 Å². The lowest BCUT2D eigenvalue weighted by atomic mass is 9.98. The lowest BCUT2D eigenvalue weighted by molar-refractivity contribution is 0.414. The summed E-state index contributed by atoms with van der Waals surface area (Å²) in [5, 5.41) is 3.75. The number of likely N-dealkylation sites (N-methyl/N-ethyl adjacent to an activating group) is 1. The molecule has 4 heteroatoms. The highest BCUT2D eigenvalue weighted by Gasteiger charge is 2.13. The number of rotatable bonds is 5. The fraction of sp³-hybridized carbons (Fsp3) is 0.250. The molecule has 2 nitrogen and oxygen atoms in total. The number of hydrogen-bond donors (Lipinski definition) is 1. The molecule has 0 aliphatic carbocycles. The van der Waals surface area contributed by atoms with Gasteiger partial charge in [0.2, 0.25) is 0 Å². The predicted molar refractivity (Wildman–Crippen MR) is 79.9 cm³/mol. The van der Waals surface area contributed by atoms with E-state index in [2.05, 4.69) is 5.32 Å². The van der Waals surface area contributed by atoms with Gasteiger partial charge in [-0.1, -0.05) is 23.7 Å². The summed E-state index contributed by atoms with van der Waals surface area (Å²) in [5.41, 5.74) is 1.68. The number of halogens is 2. The van der Waals surface area contributed by atoms with Crippen LogP contribution in [0.2, 0.25) is 5.02 Å². The van der Waals surface area contributed by atoms with E-state index in [1.807, 2.05) is 31.3 Å². The summed E-state index contributed by atoms with van der Waals surface area (Å²) in [4.78, 5) is 0. The molecule has 0 saturated carbocycles. The van der Waals surface area contributed by atoms with Crippen LogP contribution in [0.5, 0.6) is 5.75 Å². The molecule has 0 aromatic heterocycles. The summed E-state index contributed by atoms with van der Waals surface area (Å²) < 4.78 is 18.9. The third kappa shape index (κ3) is 3.50. The Morgan fingerprint density at radius 2 is 1.90 bits per heavy atom. The van der Waals surface area contributed by atoms with Crippen LogP contribution in [0.1, 0.15) is 17.2 Å². The molecule has 2 aromatic carbocycles. The van der Waals surface area contributed by atoms with Crippen molar-refractivity contribution in [1.29, 1.82) is 0 Å². The van der Waals surface area contributed by atoms with Gasteiger partial charge in [0.25, 0.3) is 0 Å². The second-order valence-electron chi connectivity index (χ2n) is 4.55. The van der Waals surface area contributed by atoms with E-state index in [4.69, 9.17) is 16.3 Å². The molecule has 0 spiro atoms. The molecule has 0 amide bonds. The zero-order valence-corrected chi connectivity index (χ0v) is 12.2. The lowest BCUT2D eigenvalue weighted by Gasteiger charge is -2.17. The van der Waals surface area contributed by atoms with Crippen LogP contribution in [0.15, 0.2) is 42.5 Å². The van der Waals surface area contributed by atoms with Crippen LogP contribution >= 0.6 is 11.6 Å². The van der Waals surface area contributed by atoms with E-state index in [0.29, 0.717) is 17.0 Å². The van der Waals surface area contributed by atoms with Crippen LogP contribution in [0.3, 0.4) is 0 Å². The Kier molecular flexibility index (Phi) is 4.99. The average molecular weight is 294 g/mol. The minimum atomic E-state index is -0.233. The molecular formula is C16H17ClFNO. The van der Waals surface area contributed by atoms with Crippen LogP contribution < -0.4 is 10.1 Å². The first-order chi connectivity index (χ1) is 9.63. The van der Waals surface area contributed by atoms with Crippen molar-refractivity contribution in [3.8, 4) is 5.75 Å². The molecule has 2 rings (SSSR count). The summed E-state index contributed by atoms with van der Waals surface area (Å²) in [6.07, 6.45) is 0.537. The standard InChI is InChI=1S/C16H17ClFNO/c1-19-16(11-3-6-14(20-2)7-4-11)10-12-9-13(17)5-8-15(12)18/h3-9,16,19H,10H2,1-2H3. The SMILES string of the molecule is CNC(Cc1cc(Cl)ccc1F)c1ccc(OC)cc1. The Labute approximate surface area is 123 Å². The molecule has 0 heterocycles. The van der Waals surface area contributed by atoms with Gasteiger partial charge in [0, 0.05) is 11.1 Å². The molecule has 1 N–H and O–H groups in total. The van der Waals surface area contributed by atoms with Crippen LogP contribution in [0.4, 0.5) is 4.39 Å². The summed E-state index contributed by atoms with van der Waals surface area (Å²) >= 11 is 5.93. The van der Waals surface area contributed by atoms with Crippen molar-refractivity contribution in [1.82, 2.24) is 5.32 Å². The highest BCUT2D eigenvalue weighted by atomic mass is 35.5. The van der Waals surface area contributed by atoms with Crippen LogP contribution in [0, 0.1) is 5.82 Å². The summed E-state index contributed by atoms with van der Waals surface area (Å²) in [6.45, 7) is 0. The van der Waals surface area contributed by atoms with Crippen LogP contribution in [-0.4, -0.2) is 14.2 Å². The van der Waals surface area contributed by atoms with Crippen molar-refractivity contribution in [2.75, 3.05) is 14.2 Å². The first-order valence-corrected chi connectivity index (χ1v) is 6.77. The smallest absolute Gasteiger partial charge is 0.126 e. The van der Waals surface area contributed by atoms with Gasteiger partial charge >= 0.3 is 0 Å². The highest BCUT2D eigenvalue weighted by Crippen LogP contribution is 2.24. The second-order valence-corrected chi connectivity index (χ2v) is 4.99. The molecule has 0 aliphatic heterocycles. The lowest BCUT2D eigenvalue weighted by Crippen LogP contribution is -2.19. The van der Waals surface area contributed by atoms with Crippen LogP contribution in [0.25, 0.3) is 0 Å². The van der Waals surface area contributed by atoms with Crippen molar-refractivity contribution >= 4 is 11.6 Å². The van der Waals surface area contributed by atoms with E-state index in [1.54, 1.807) is 19.2 Å². The van der Waals surface area contributed by atoms with E-state index >= 15 is 0 Å². The van der Waals surface area contributed by atoms with Gasteiger partial charge in [-0.15, -0.1) is 0 Å². The fourth-order valence-electron chi connectivity index (χ4n) is 2.14. The normalized spacial score (nSPS) is 12.2. The number of hydrogen-bond acceptors (Lipinski definition) is 2. The van der Waals surface area contributed by atoms with Gasteiger partial charge in [-0.05, 0) is 54.9 Å². The van der Waals surface area contributed by atoms with Gasteiger partial charge in [0.05, 0.1) is 7.11 Å². The monoisotopic (exact) mass is 293 g/mol. The third-order valence-corrected chi connectivity index (χ3v) is 3.53. The minimum Gasteiger partial charge on any atom is -0.497 e. The Morgan fingerprint density at radius 3 is 2.50 bits per heavy atom. The quantitative estimate of drug-likeness (QED) is 0.900. The molecule has 106 valence electrons. The maximum Gasteiger partial charge on any atom is 0.126 e. The molecule has 1 unspecified atom stereocenters. The van der Waals surface area contributed by atoms with E-state index < -0.39 is 0 Å². The van der Waals surface area contributed by atoms with Gasteiger partial charge < -0.3 is 10.1 Å². The highest BCUT2D eigenvalue weighted by molar-refractivity contribution is 6.30.